The average Bonchev–Trinajstić information content (AvgIpc) is 2.12. The highest BCUT2D eigenvalue weighted by Crippen LogP contribution is 2.25. The van der Waals surface area contributed by atoms with E-state index in [9.17, 15) is 4.39 Å². The Hall–Kier alpha value is -0.510. The van der Waals surface area contributed by atoms with E-state index in [1.54, 1.807) is 13.8 Å². The largest absolute Gasteiger partial charge is 0.511 e. The van der Waals surface area contributed by atoms with Gasteiger partial charge in [-0.25, -0.2) is 4.39 Å². The molecule has 0 unspecified atom stereocenters. The molecular weight excluding hydrogens is 227 g/mol. The van der Waals surface area contributed by atoms with E-state index in [-0.39, 0.29) is 22.4 Å². The second-order valence-corrected chi connectivity index (χ2v) is 3.02. The molecule has 0 heterocycles. The Balaban J connectivity index is 4.82. The Morgan fingerprint density at radius 3 is 1.92 bits per heavy atom. The van der Waals surface area contributed by atoms with Crippen molar-refractivity contribution in [1.82, 2.24) is 0 Å². The van der Waals surface area contributed by atoms with E-state index >= 15 is 0 Å². The van der Waals surface area contributed by atoms with Crippen LogP contribution in [0, 0.1) is 0 Å². The van der Waals surface area contributed by atoms with Crippen LogP contribution in [-0.4, -0.2) is 10.2 Å². The number of aliphatic hydroxyl groups excluding tert-OH is 2. The van der Waals surface area contributed by atoms with Gasteiger partial charge in [0.25, 0.3) is 0 Å². The minimum atomic E-state index is -0.795. The number of hydrogen-bond donors (Lipinski definition) is 2. The summed E-state index contributed by atoms with van der Waals surface area (Å²) in [4.78, 5) is 0. The van der Waals surface area contributed by atoms with Crippen molar-refractivity contribution in [3.05, 3.63) is 21.8 Å². The Morgan fingerprint density at radius 2 is 1.58 bits per heavy atom. The van der Waals surface area contributed by atoms with E-state index < -0.39 is 5.83 Å². The third kappa shape index (κ3) is 2.85. The monoisotopic (exact) mass is 238 g/mol. The minimum Gasteiger partial charge on any atom is -0.511 e. The maximum atomic E-state index is 13.0. The maximum Gasteiger partial charge on any atom is 0.178 e. The van der Waals surface area contributed by atoms with Gasteiger partial charge in [0.15, 0.2) is 5.83 Å². The van der Waals surface area contributed by atoms with Gasteiger partial charge in [0.2, 0.25) is 0 Å². The number of aliphatic hydroxyl groups is 2. The first-order valence-electron chi connectivity index (χ1n) is 3.70. The van der Waals surface area contributed by atoms with Crippen molar-refractivity contribution in [2.45, 2.75) is 26.7 Å². The van der Waals surface area contributed by atoms with Gasteiger partial charge in [-0.3, -0.25) is 0 Å². The van der Waals surface area contributed by atoms with Crippen LogP contribution >= 0.6 is 15.9 Å². The first kappa shape index (κ1) is 11.5. The van der Waals surface area contributed by atoms with Crippen LogP contribution < -0.4 is 0 Å². The second kappa shape index (κ2) is 5.19. The summed E-state index contributed by atoms with van der Waals surface area (Å²) in [5.41, 5.74) is 0. The number of allylic oxidation sites excluding steroid dienone is 4. The van der Waals surface area contributed by atoms with Crippen molar-refractivity contribution in [2.24, 2.45) is 0 Å². The normalized spacial score (nSPS) is 15.3. The first-order chi connectivity index (χ1) is 5.54. The first-order valence-corrected chi connectivity index (χ1v) is 4.49. The second-order valence-electron chi connectivity index (χ2n) is 2.23. The molecule has 0 bridgehead atoms. The summed E-state index contributed by atoms with van der Waals surface area (Å²) in [7, 11) is 0. The highest BCUT2D eigenvalue weighted by Gasteiger charge is 2.10. The SMILES string of the molecule is CC/C(O)=C(F)\C(Br)=C(\O)CC. The number of rotatable bonds is 3. The molecule has 0 fully saturated rings. The molecule has 0 aliphatic rings. The molecule has 0 aromatic rings. The van der Waals surface area contributed by atoms with Crippen LogP contribution in [0.2, 0.25) is 0 Å². The van der Waals surface area contributed by atoms with Crippen LogP contribution in [0.25, 0.3) is 0 Å². The lowest BCUT2D eigenvalue weighted by molar-refractivity contribution is 0.360. The fraction of sp³-hybridized carbons (Fsp3) is 0.500. The van der Waals surface area contributed by atoms with Crippen LogP contribution in [-0.2, 0) is 0 Å². The van der Waals surface area contributed by atoms with Gasteiger partial charge in [-0.15, -0.1) is 0 Å². The van der Waals surface area contributed by atoms with Crippen molar-refractivity contribution in [2.75, 3.05) is 0 Å². The van der Waals surface area contributed by atoms with Gasteiger partial charge in [-0.05, 0) is 15.9 Å². The molecule has 70 valence electrons. The summed E-state index contributed by atoms with van der Waals surface area (Å²) in [6, 6.07) is 0. The fourth-order valence-electron chi connectivity index (χ4n) is 0.564. The lowest BCUT2D eigenvalue weighted by Gasteiger charge is -2.01. The molecule has 0 radical (unpaired) electrons. The zero-order chi connectivity index (χ0) is 9.72. The van der Waals surface area contributed by atoms with Crippen molar-refractivity contribution >= 4 is 15.9 Å². The molecule has 2 nitrogen and oxygen atoms in total. The zero-order valence-electron chi connectivity index (χ0n) is 7.06. The molecule has 4 heteroatoms. The summed E-state index contributed by atoms with van der Waals surface area (Å²) in [5.74, 6) is -1.26. The molecular formula is C8H12BrFO2. The summed E-state index contributed by atoms with van der Waals surface area (Å²) in [5, 5.41) is 18.1. The van der Waals surface area contributed by atoms with Crippen molar-refractivity contribution in [3.8, 4) is 0 Å². The molecule has 2 N–H and O–H groups in total. The Morgan fingerprint density at radius 1 is 1.17 bits per heavy atom. The van der Waals surface area contributed by atoms with Gasteiger partial charge in [-0.1, -0.05) is 13.8 Å². The molecule has 0 saturated carbocycles. The quantitative estimate of drug-likeness (QED) is 0.582. The summed E-state index contributed by atoms with van der Waals surface area (Å²) in [6.45, 7) is 3.31. The van der Waals surface area contributed by atoms with E-state index in [2.05, 4.69) is 15.9 Å². The molecule has 0 aromatic heterocycles. The van der Waals surface area contributed by atoms with E-state index in [0.29, 0.717) is 6.42 Å². The summed E-state index contributed by atoms with van der Waals surface area (Å²) < 4.78 is 12.9. The predicted molar refractivity (Wildman–Crippen MR) is 49.9 cm³/mol. The standard InChI is InChI=1S/C8H12BrFO2/c1-3-5(11)7(9)8(10)6(12)4-2/h11-12H,3-4H2,1-2H3/b7-5-,8-6-. The van der Waals surface area contributed by atoms with Gasteiger partial charge < -0.3 is 10.2 Å². The smallest absolute Gasteiger partial charge is 0.178 e. The van der Waals surface area contributed by atoms with Crippen LogP contribution in [0.1, 0.15) is 26.7 Å². The van der Waals surface area contributed by atoms with Crippen molar-refractivity contribution in [3.63, 3.8) is 0 Å². The third-order valence-corrected chi connectivity index (χ3v) is 2.18. The van der Waals surface area contributed by atoms with Crippen molar-refractivity contribution in [1.29, 1.82) is 0 Å². The molecule has 0 aliphatic heterocycles. The van der Waals surface area contributed by atoms with Gasteiger partial charge >= 0.3 is 0 Å². The lowest BCUT2D eigenvalue weighted by atomic mass is 10.3. The molecule has 12 heavy (non-hydrogen) atoms. The average molecular weight is 239 g/mol. The highest BCUT2D eigenvalue weighted by atomic mass is 79.9. The minimum absolute atomic E-state index is 0.0654. The fourth-order valence-corrected chi connectivity index (χ4v) is 1.07. The maximum absolute atomic E-state index is 13.0. The van der Waals surface area contributed by atoms with Crippen LogP contribution in [0.15, 0.2) is 21.8 Å². The van der Waals surface area contributed by atoms with Gasteiger partial charge in [0.05, 0.1) is 4.48 Å². The van der Waals surface area contributed by atoms with E-state index in [4.69, 9.17) is 10.2 Å². The van der Waals surface area contributed by atoms with Crippen molar-refractivity contribution < 1.29 is 14.6 Å². The molecule has 0 rings (SSSR count). The van der Waals surface area contributed by atoms with Crippen LogP contribution in [0.4, 0.5) is 4.39 Å². The van der Waals surface area contributed by atoms with Crippen LogP contribution in [0.5, 0.6) is 0 Å². The van der Waals surface area contributed by atoms with Gasteiger partial charge in [-0.2, -0.15) is 0 Å². The molecule has 0 amide bonds. The summed E-state index contributed by atoms with van der Waals surface area (Å²) >= 11 is 2.85. The van der Waals surface area contributed by atoms with E-state index in [0.717, 1.165) is 0 Å². The van der Waals surface area contributed by atoms with E-state index in [1.807, 2.05) is 0 Å². The predicted octanol–water partition coefficient (Wildman–Crippen LogP) is 3.71. The molecule has 0 saturated heterocycles. The Kier molecular flexibility index (Phi) is 4.97. The summed E-state index contributed by atoms with van der Waals surface area (Å²) in [6.07, 6.45) is 0.531. The van der Waals surface area contributed by atoms with E-state index in [1.165, 1.54) is 0 Å². The van der Waals surface area contributed by atoms with Gasteiger partial charge in [0, 0.05) is 12.8 Å². The number of hydrogen-bond acceptors (Lipinski definition) is 2. The highest BCUT2D eigenvalue weighted by molar-refractivity contribution is 9.12. The third-order valence-electron chi connectivity index (χ3n) is 1.37. The Labute approximate surface area is 79.5 Å². The van der Waals surface area contributed by atoms with Crippen LogP contribution in [0.3, 0.4) is 0 Å². The topological polar surface area (TPSA) is 40.5 Å². The zero-order valence-corrected chi connectivity index (χ0v) is 8.65. The molecule has 0 aromatic carbocycles. The molecule has 0 aliphatic carbocycles. The lowest BCUT2D eigenvalue weighted by Crippen LogP contribution is -1.89. The molecule has 0 spiro atoms. The van der Waals surface area contributed by atoms with Gasteiger partial charge in [0.1, 0.15) is 11.5 Å². The number of halogens is 2. The molecule has 0 atom stereocenters. The Bertz CT molecular complexity index is 197.